The van der Waals surface area contributed by atoms with E-state index in [0.29, 0.717) is 11.3 Å². The van der Waals surface area contributed by atoms with Gasteiger partial charge in [-0.2, -0.15) is 0 Å². The zero-order valence-corrected chi connectivity index (χ0v) is 19.5. The number of carbonyl (C=O) groups is 2. The lowest BCUT2D eigenvalue weighted by atomic mass is 10.1. The number of carbonyl (C=O) groups excluding carboxylic acids is 2. The number of benzene rings is 2. The molecule has 7 heteroatoms. The molecule has 0 fully saturated rings. The maximum absolute atomic E-state index is 14.2. The van der Waals surface area contributed by atoms with E-state index in [9.17, 15) is 14.0 Å². The molecule has 2 aromatic rings. The van der Waals surface area contributed by atoms with Crippen LogP contribution in [0.5, 0.6) is 5.75 Å². The molecule has 0 aliphatic carbocycles. The average molecular weight is 479 g/mol. The Labute approximate surface area is 185 Å². The highest BCUT2D eigenvalue weighted by Gasteiger charge is 2.27. The standard InChI is InChI=1S/C23H28BrFN2O3/c1-14(2)26-23(29)17(5)27(12-18-8-6-7-9-20(18)25)21(28)13-30-19-10-15(3)22(24)16(4)11-19/h6-11,14,17H,12-13H2,1-5H3,(H,26,29)/t17-/m1/s1. The second-order valence-electron chi connectivity index (χ2n) is 7.61. The first kappa shape index (κ1) is 23.9. The van der Waals surface area contributed by atoms with Crippen LogP contribution in [0.2, 0.25) is 0 Å². The monoisotopic (exact) mass is 478 g/mol. The lowest BCUT2D eigenvalue weighted by molar-refractivity contribution is -0.142. The van der Waals surface area contributed by atoms with Crippen molar-refractivity contribution in [3.63, 3.8) is 0 Å². The van der Waals surface area contributed by atoms with Crippen LogP contribution in [0.1, 0.15) is 37.5 Å². The van der Waals surface area contributed by atoms with Gasteiger partial charge in [0.1, 0.15) is 17.6 Å². The quantitative estimate of drug-likeness (QED) is 0.606. The molecule has 0 spiro atoms. The van der Waals surface area contributed by atoms with Crippen LogP contribution in [0.4, 0.5) is 4.39 Å². The SMILES string of the molecule is Cc1cc(OCC(=O)N(Cc2ccccc2F)[C@H](C)C(=O)NC(C)C)cc(C)c1Br. The van der Waals surface area contributed by atoms with E-state index in [1.807, 2.05) is 39.8 Å². The molecule has 0 heterocycles. The van der Waals surface area contributed by atoms with Crippen molar-refractivity contribution in [1.82, 2.24) is 10.2 Å². The normalized spacial score (nSPS) is 11.9. The van der Waals surface area contributed by atoms with Crippen LogP contribution >= 0.6 is 15.9 Å². The zero-order valence-electron chi connectivity index (χ0n) is 18.0. The minimum Gasteiger partial charge on any atom is -0.484 e. The molecule has 0 aliphatic rings. The van der Waals surface area contributed by atoms with Crippen molar-refractivity contribution >= 4 is 27.7 Å². The Morgan fingerprint density at radius 1 is 1.13 bits per heavy atom. The van der Waals surface area contributed by atoms with Crippen molar-refractivity contribution in [1.29, 1.82) is 0 Å². The summed E-state index contributed by atoms with van der Waals surface area (Å²) in [5, 5.41) is 2.80. The molecule has 0 saturated carbocycles. The van der Waals surface area contributed by atoms with Gasteiger partial charge in [-0.05, 0) is 63.9 Å². The molecular formula is C23H28BrFN2O3. The molecule has 1 atom stereocenters. The van der Waals surface area contributed by atoms with Gasteiger partial charge in [-0.15, -0.1) is 0 Å². The summed E-state index contributed by atoms with van der Waals surface area (Å²) in [5.41, 5.74) is 2.32. The Morgan fingerprint density at radius 2 is 1.73 bits per heavy atom. The number of hydrogen-bond acceptors (Lipinski definition) is 3. The van der Waals surface area contributed by atoms with Crippen molar-refractivity contribution in [3.8, 4) is 5.75 Å². The van der Waals surface area contributed by atoms with Crippen LogP contribution < -0.4 is 10.1 Å². The number of ether oxygens (including phenoxy) is 1. The van der Waals surface area contributed by atoms with Gasteiger partial charge in [-0.1, -0.05) is 34.1 Å². The summed E-state index contributed by atoms with van der Waals surface area (Å²) >= 11 is 3.50. The summed E-state index contributed by atoms with van der Waals surface area (Å²) in [5.74, 6) is -0.563. The minimum atomic E-state index is -0.781. The first-order valence-electron chi connectivity index (χ1n) is 9.83. The van der Waals surface area contributed by atoms with Gasteiger partial charge in [0.2, 0.25) is 5.91 Å². The first-order chi connectivity index (χ1) is 14.1. The second-order valence-corrected chi connectivity index (χ2v) is 8.41. The maximum atomic E-state index is 14.2. The third-order valence-corrected chi connectivity index (χ3v) is 5.92. The van der Waals surface area contributed by atoms with Crippen molar-refractivity contribution in [2.75, 3.05) is 6.61 Å². The fraction of sp³-hybridized carbons (Fsp3) is 0.391. The van der Waals surface area contributed by atoms with Crippen molar-refractivity contribution in [3.05, 3.63) is 63.4 Å². The van der Waals surface area contributed by atoms with Crippen LogP contribution in [0.3, 0.4) is 0 Å². The summed E-state index contributed by atoms with van der Waals surface area (Å²) in [7, 11) is 0. The Balaban J connectivity index is 2.21. The van der Waals surface area contributed by atoms with Gasteiger partial charge in [-0.25, -0.2) is 4.39 Å². The number of rotatable bonds is 8. The molecule has 0 aliphatic heterocycles. The van der Waals surface area contributed by atoms with E-state index in [0.717, 1.165) is 15.6 Å². The number of aryl methyl sites for hydroxylation is 2. The first-order valence-corrected chi connectivity index (χ1v) is 10.6. The number of nitrogens with zero attached hydrogens (tertiary/aromatic N) is 1. The molecule has 0 bridgehead atoms. The van der Waals surface area contributed by atoms with Gasteiger partial charge in [0, 0.05) is 22.6 Å². The van der Waals surface area contributed by atoms with Crippen LogP contribution in [-0.4, -0.2) is 35.4 Å². The molecule has 2 rings (SSSR count). The smallest absolute Gasteiger partial charge is 0.261 e. The van der Waals surface area contributed by atoms with Crippen LogP contribution in [0, 0.1) is 19.7 Å². The molecule has 0 aromatic heterocycles. The number of amides is 2. The lowest BCUT2D eigenvalue weighted by Crippen LogP contribution is -2.50. The van der Waals surface area contributed by atoms with E-state index >= 15 is 0 Å². The van der Waals surface area contributed by atoms with E-state index in [-0.39, 0.29) is 25.1 Å². The second kappa shape index (κ2) is 10.6. The topological polar surface area (TPSA) is 58.6 Å². The fourth-order valence-electron chi connectivity index (χ4n) is 3.02. The highest BCUT2D eigenvalue weighted by atomic mass is 79.9. The summed E-state index contributed by atoms with van der Waals surface area (Å²) in [6, 6.07) is 9.03. The van der Waals surface area contributed by atoms with Gasteiger partial charge in [-0.3, -0.25) is 9.59 Å². The molecule has 162 valence electrons. The van der Waals surface area contributed by atoms with Gasteiger partial charge < -0.3 is 15.0 Å². The third kappa shape index (κ3) is 6.29. The van der Waals surface area contributed by atoms with E-state index in [2.05, 4.69) is 21.2 Å². The predicted molar refractivity (Wildman–Crippen MR) is 119 cm³/mol. The molecule has 30 heavy (non-hydrogen) atoms. The number of hydrogen-bond donors (Lipinski definition) is 1. The molecule has 1 N–H and O–H groups in total. The van der Waals surface area contributed by atoms with Crippen LogP contribution in [0.15, 0.2) is 40.9 Å². The molecule has 0 unspecified atom stereocenters. The average Bonchev–Trinajstić information content (AvgIpc) is 2.68. The fourth-order valence-corrected chi connectivity index (χ4v) is 3.24. The molecule has 2 amide bonds. The van der Waals surface area contributed by atoms with E-state index in [4.69, 9.17) is 4.74 Å². The highest BCUT2D eigenvalue weighted by Crippen LogP contribution is 2.26. The zero-order chi connectivity index (χ0) is 22.4. The Bertz CT molecular complexity index is 894. The minimum absolute atomic E-state index is 0.0278. The van der Waals surface area contributed by atoms with Gasteiger partial charge in [0.05, 0.1) is 0 Å². The largest absolute Gasteiger partial charge is 0.484 e. The Morgan fingerprint density at radius 3 is 2.30 bits per heavy atom. The Kier molecular flexibility index (Phi) is 8.41. The van der Waals surface area contributed by atoms with Crippen molar-refractivity contribution in [2.24, 2.45) is 0 Å². The molecular weight excluding hydrogens is 451 g/mol. The highest BCUT2D eigenvalue weighted by molar-refractivity contribution is 9.10. The molecule has 5 nitrogen and oxygen atoms in total. The van der Waals surface area contributed by atoms with Gasteiger partial charge in [0.25, 0.3) is 5.91 Å². The van der Waals surface area contributed by atoms with Gasteiger partial charge in [0.15, 0.2) is 6.61 Å². The third-order valence-electron chi connectivity index (χ3n) is 4.67. The maximum Gasteiger partial charge on any atom is 0.261 e. The van der Waals surface area contributed by atoms with Crippen molar-refractivity contribution < 1.29 is 18.7 Å². The summed E-state index contributed by atoms with van der Waals surface area (Å²) in [6.45, 7) is 8.91. The van der Waals surface area contributed by atoms with E-state index in [1.165, 1.54) is 11.0 Å². The van der Waals surface area contributed by atoms with Crippen molar-refractivity contribution in [2.45, 2.75) is 53.2 Å². The summed E-state index contributed by atoms with van der Waals surface area (Å²) < 4.78 is 20.9. The summed E-state index contributed by atoms with van der Waals surface area (Å²) in [4.78, 5) is 26.9. The van der Waals surface area contributed by atoms with E-state index in [1.54, 1.807) is 25.1 Å². The summed E-state index contributed by atoms with van der Waals surface area (Å²) in [6.07, 6.45) is 0. The Hall–Kier alpha value is -2.41. The molecule has 0 radical (unpaired) electrons. The number of nitrogens with one attached hydrogen (secondary N) is 1. The lowest BCUT2D eigenvalue weighted by Gasteiger charge is -2.29. The number of halogens is 2. The van der Waals surface area contributed by atoms with Crippen LogP contribution in [0.25, 0.3) is 0 Å². The molecule has 0 saturated heterocycles. The predicted octanol–water partition coefficient (Wildman–Crippen LogP) is 4.53. The molecule has 2 aromatic carbocycles. The van der Waals surface area contributed by atoms with Crippen LogP contribution in [-0.2, 0) is 16.1 Å². The van der Waals surface area contributed by atoms with Gasteiger partial charge >= 0.3 is 0 Å². The van der Waals surface area contributed by atoms with E-state index < -0.39 is 17.8 Å².